The lowest BCUT2D eigenvalue weighted by Gasteiger charge is -2.10. The molecule has 0 bridgehead atoms. The molecule has 0 saturated heterocycles. The highest BCUT2D eigenvalue weighted by atomic mass is 35.5. The number of halogens is 1. The van der Waals surface area contributed by atoms with E-state index in [0.29, 0.717) is 22.1 Å². The SMILES string of the molecule is COC(=O)CSc1cc(N=c2sc(=O)n3n2CCC=C3)ccc1Cl. The van der Waals surface area contributed by atoms with Crippen molar-refractivity contribution in [3.05, 3.63) is 43.8 Å². The van der Waals surface area contributed by atoms with Crippen molar-refractivity contribution in [2.75, 3.05) is 12.9 Å². The summed E-state index contributed by atoms with van der Waals surface area (Å²) in [4.78, 5) is 29.1. The summed E-state index contributed by atoms with van der Waals surface area (Å²) in [5.41, 5.74) is 0.679. The van der Waals surface area contributed by atoms with Gasteiger partial charge in [-0.05, 0) is 36.0 Å². The zero-order valence-corrected chi connectivity index (χ0v) is 15.2. The first-order valence-electron chi connectivity index (χ1n) is 7.11. The maximum atomic E-state index is 12.0. The van der Waals surface area contributed by atoms with Crippen LogP contribution in [0.3, 0.4) is 0 Å². The standard InChI is InChI=1S/C15H14ClN3O3S2/c1-22-13(20)9-23-12-8-10(4-5-11(12)16)17-14-18-6-2-3-7-19(18)15(21)24-14/h3-5,7-8H,2,6,9H2,1H3. The Balaban J connectivity index is 1.95. The summed E-state index contributed by atoms with van der Waals surface area (Å²) in [5, 5.41) is 0.547. The van der Waals surface area contributed by atoms with E-state index in [1.165, 1.54) is 18.9 Å². The number of hydrogen-bond acceptors (Lipinski definition) is 6. The van der Waals surface area contributed by atoms with Crippen LogP contribution in [0.1, 0.15) is 6.42 Å². The molecule has 0 radical (unpaired) electrons. The minimum atomic E-state index is -0.319. The van der Waals surface area contributed by atoms with E-state index in [2.05, 4.69) is 9.73 Å². The average molecular weight is 384 g/mol. The molecule has 1 aromatic carbocycles. The van der Waals surface area contributed by atoms with Crippen LogP contribution < -0.4 is 9.67 Å². The molecule has 1 aliphatic rings. The Bertz CT molecular complexity index is 927. The Morgan fingerprint density at radius 2 is 2.33 bits per heavy atom. The summed E-state index contributed by atoms with van der Waals surface area (Å²) in [6.07, 6.45) is 4.59. The molecule has 24 heavy (non-hydrogen) atoms. The second kappa shape index (κ2) is 7.42. The lowest BCUT2D eigenvalue weighted by Crippen LogP contribution is -2.25. The molecular weight excluding hydrogens is 370 g/mol. The first-order valence-corrected chi connectivity index (χ1v) is 9.29. The van der Waals surface area contributed by atoms with Crippen LogP contribution in [0.4, 0.5) is 5.69 Å². The summed E-state index contributed by atoms with van der Waals surface area (Å²) in [7, 11) is 1.35. The normalized spacial score (nSPS) is 13.8. The van der Waals surface area contributed by atoms with Crippen molar-refractivity contribution in [2.24, 2.45) is 4.99 Å². The van der Waals surface area contributed by atoms with Crippen LogP contribution in [-0.4, -0.2) is 28.2 Å². The zero-order chi connectivity index (χ0) is 17.1. The van der Waals surface area contributed by atoms with Gasteiger partial charge in [0.25, 0.3) is 0 Å². The lowest BCUT2D eigenvalue weighted by atomic mass is 10.3. The third kappa shape index (κ3) is 3.66. The zero-order valence-electron chi connectivity index (χ0n) is 12.8. The van der Waals surface area contributed by atoms with Crippen molar-refractivity contribution in [3.63, 3.8) is 0 Å². The van der Waals surface area contributed by atoms with Crippen LogP contribution in [0.2, 0.25) is 5.02 Å². The molecule has 0 amide bonds. The molecule has 1 aliphatic heterocycles. The number of rotatable bonds is 4. The molecule has 3 rings (SSSR count). The van der Waals surface area contributed by atoms with E-state index in [0.717, 1.165) is 22.7 Å². The number of ether oxygens (including phenoxy) is 1. The van der Waals surface area contributed by atoms with E-state index in [1.54, 1.807) is 29.1 Å². The summed E-state index contributed by atoms with van der Waals surface area (Å²) in [5.74, 6) is -0.144. The number of carbonyl (C=O) groups excluding carboxylic acids is 1. The predicted molar refractivity (Wildman–Crippen MR) is 95.9 cm³/mol. The van der Waals surface area contributed by atoms with Gasteiger partial charge in [0.2, 0.25) is 4.80 Å². The first kappa shape index (κ1) is 17.1. The van der Waals surface area contributed by atoms with Gasteiger partial charge in [-0.15, -0.1) is 11.8 Å². The quantitative estimate of drug-likeness (QED) is 0.601. The number of methoxy groups -OCH3 is 1. The monoisotopic (exact) mass is 383 g/mol. The van der Waals surface area contributed by atoms with Gasteiger partial charge in [-0.1, -0.05) is 17.7 Å². The predicted octanol–water partition coefficient (Wildman–Crippen LogP) is 2.74. The number of nitrogens with zero attached hydrogens (tertiary/aromatic N) is 3. The molecule has 2 heterocycles. The maximum absolute atomic E-state index is 12.0. The molecule has 9 heteroatoms. The minimum Gasteiger partial charge on any atom is -0.468 e. The Labute approximate surface area is 151 Å². The number of fused-ring (bicyclic) bond motifs is 1. The second-order valence-corrected chi connectivity index (χ2v) is 7.23. The van der Waals surface area contributed by atoms with E-state index in [1.807, 2.05) is 10.8 Å². The molecule has 0 atom stereocenters. The van der Waals surface area contributed by atoms with Gasteiger partial charge in [0.1, 0.15) is 0 Å². The number of thioether (sulfide) groups is 1. The molecule has 2 aromatic rings. The van der Waals surface area contributed by atoms with Crippen LogP contribution in [0.5, 0.6) is 0 Å². The lowest BCUT2D eigenvalue weighted by molar-refractivity contribution is -0.137. The topological polar surface area (TPSA) is 65.6 Å². The van der Waals surface area contributed by atoms with Crippen LogP contribution in [-0.2, 0) is 16.1 Å². The van der Waals surface area contributed by atoms with E-state index in [4.69, 9.17) is 11.6 Å². The van der Waals surface area contributed by atoms with Gasteiger partial charge in [-0.2, -0.15) is 0 Å². The van der Waals surface area contributed by atoms with E-state index in [-0.39, 0.29) is 16.6 Å². The Morgan fingerprint density at radius 3 is 3.12 bits per heavy atom. The average Bonchev–Trinajstić information content (AvgIpc) is 2.91. The molecule has 126 valence electrons. The van der Waals surface area contributed by atoms with Crippen molar-refractivity contribution in [3.8, 4) is 0 Å². The number of esters is 1. The number of benzene rings is 1. The van der Waals surface area contributed by atoms with Gasteiger partial charge < -0.3 is 4.74 Å². The van der Waals surface area contributed by atoms with Gasteiger partial charge in [0.05, 0.1) is 23.6 Å². The highest BCUT2D eigenvalue weighted by molar-refractivity contribution is 8.00. The summed E-state index contributed by atoms with van der Waals surface area (Å²) >= 11 is 8.55. The summed E-state index contributed by atoms with van der Waals surface area (Å²) in [6.45, 7) is 0.714. The number of carbonyl (C=O) groups is 1. The number of aromatic nitrogens is 2. The van der Waals surface area contributed by atoms with E-state index >= 15 is 0 Å². The van der Waals surface area contributed by atoms with Gasteiger partial charge in [-0.3, -0.25) is 14.3 Å². The molecule has 0 N–H and O–H groups in total. The highest BCUT2D eigenvalue weighted by Crippen LogP contribution is 2.30. The van der Waals surface area contributed by atoms with Crippen molar-refractivity contribution in [2.45, 2.75) is 17.9 Å². The molecule has 0 aliphatic carbocycles. The Hall–Kier alpha value is -1.77. The third-order valence-electron chi connectivity index (χ3n) is 3.31. The Morgan fingerprint density at radius 1 is 1.50 bits per heavy atom. The van der Waals surface area contributed by atoms with Gasteiger partial charge in [-0.25, -0.2) is 9.67 Å². The van der Waals surface area contributed by atoms with Crippen molar-refractivity contribution < 1.29 is 9.53 Å². The van der Waals surface area contributed by atoms with Gasteiger partial charge in [0.15, 0.2) is 0 Å². The fourth-order valence-electron chi connectivity index (χ4n) is 2.14. The fourth-order valence-corrected chi connectivity index (χ4v) is 4.07. The van der Waals surface area contributed by atoms with Crippen molar-refractivity contribution in [1.29, 1.82) is 0 Å². The third-order valence-corrected chi connectivity index (χ3v) is 5.63. The Kier molecular flexibility index (Phi) is 5.27. The number of allylic oxidation sites excluding steroid dienone is 1. The number of hydrogen-bond donors (Lipinski definition) is 0. The highest BCUT2D eigenvalue weighted by Gasteiger charge is 2.10. The molecule has 0 fully saturated rings. The van der Waals surface area contributed by atoms with E-state index < -0.39 is 0 Å². The second-order valence-electron chi connectivity index (χ2n) is 4.88. The van der Waals surface area contributed by atoms with Crippen molar-refractivity contribution in [1.82, 2.24) is 9.36 Å². The van der Waals surface area contributed by atoms with Gasteiger partial charge >= 0.3 is 10.8 Å². The molecular formula is C15H14ClN3O3S2. The van der Waals surface area contributed by atoms with Crippen LogP contribution >= 0.6 is 34.7 Å². The first-order chi connectivity index (χ1) is 11.6. The van der Waals surface area contributed by atoms with Crippen LogP contribution in [0, 0.1) is 0 Å². The molecule has 1 aromatic heterocycles. The van der Waals surface area contributed by atoms with Crippen LogP contribution in [0.15, 0.2) is 39.0 Å². The van der Waals surface area contributed by atoms with Gasteiger partial charge in [0, 0.05) is 17.6 Å². The maximum Gasteiger partial charge on any atom is 0.329 e. The van der Waals surface area contributed by atoms with E-state index in [9.17, 15) is 9.59 Å². The fraction of sp³-hybridized carbons (Fsp3) is 0.267. The van der Waals surface area contributed by atoms with Crippen molar-refractivity contribution >= 4 is 52.6 Å². The molecule has 0 saturated carbocycles. The molecule has 0 unspecified atom stereocenters. The van der Waals surface area contributed by atoms with Crippen LogP contribution in [0.25, 0.3) is 6.20 Å². The summed E-state index contributed by atoms with van der Waals surface area (Å²) < 4.78 is 8.05. The molecule has 0 spiro atoms. The smallest absolute Gasteiger partial charge is 0.329 e. The largest absolute Gasteiger partial charge is 0.468 e. The minimum absolute atomic E-state index is 0.0704. The molecule has 6 nitrogen and oxygen atoms in total. The summed E-state index contributed by atoms with van der Waals surface area (Å²) in [6, 6.07) is 5.32.